The van der Waals surface area contributed by atoms with Crippen molar-refractivity contribution in [3.8, 4) is 0 Å². The van der Waals surface area contributed by atoms with E-state index in [2.05, 4.69) is 5.32 Å². The fourth-order valence-electron chi connectivity index (χ4n) is 1.86. The van der Waals surface area contributed by atoms with Crippen molar-refractivity contribution in [1.29, 1.82) is 0 Å². The van der Waals surface area contributed by atoms with Gasteiger partial charge in [0.2, 0.25) is 5.91 Å². The molecule has 116 valence electrons. The van der Waals surface area contributed by atoms with Crippen LogP contribution in [-0.4, -0.2) is 36.9 Å². The van der Waals surface area contributed by atoms with Crippen molar-refractivity contribution in [2.45, 2.75) is 25.4 Å². The Bertz CT molecular complexity index is 492. The highest BCUT2D eigenvalue weighted by Gasteiger charge is 2.21. The van der Waals surface area contributed by atoms with Gasteiger partial charge in [-0.05, 0) is 42.5 Å². The van der Waals surface area contributed by atoms with Gasteiger partial charge in [0, 0.05) is 23.2 Å². The minimum atomic E-state index is -0.692. The number of aliphatic hydroxyl groups is 1. The number of nitrogens with one attached hydrogen (secondary N) is 1. The summed E-state index contributed by atoms with van der Waals surface area (Å²) >= 11 is 11.9. The van der Waals surface area contributed by atoms with Gasteiger partial charge in [0.25, 0.3) is 0 Å². The highest BCUT2D eigenvalue weighted by Crippen LogP contribution is 2.28. The average molecular weight is 332 g/mol. The van der Waals surface area contributed by atoms with Crippen LogP contribution in [0.5, 0.6) is 0 Å². The van der Waals surface area contributed by atoms with Gasteiger partial charge in [-0.15, -0.1) is 0 Å². The molecule has 1 aliphatic rings. The van der Waals surface area contributed by atoms with E-state index in [0.29, 0.717) is 28.1 Å². The summed E-state index contributed by atoms with van der Waals surface area (Å²) in [4.78, 5) is 11.8. The van der Waals surface area contributed by atoms with Crippen LogP contribution in [-0.2, 0) is 16.0 Å². The second kappa shape index (κ2) is 7.99. The molecular weight excluding hydrogens is 313 g/mol. The number of aliphatic hydroxyl groups excluding tert-OH is 1. The molecule has 2 N–H and O–H groups in total. The van der Waals surface area contributed by atoms with E-state index in [-0.39, 0.29) is 25.5 Å². The van der Waals surface area contributed by atoms with Crippen LogP contribution in [0.4, 0.5) is 0 Å². The van der Waals surface area contributed by atoms with Crippen molar-refractivity contribution in [2.75, 3.05) is 19.8 Å². The molecule has 1 aromatic carbocycles. The molecule has 0 spiro atoms. The van der Waals surface area contributed by atoms with E-state index in [0.717, 1.165) is 0 Å². The van der Waals surface area contributed by atoms with Crippen LogP contribution in [0.3, 0.4) is 0 Å². The molecule has 1 atom stereocenters. The third-order valence-electron chi connectivity index (χ3n) is 3.25. The van der Waals surface area contributed by atoms with Gasteiger partial charge in [0.05, 0.1) is 19.1 Å². The monoisotopic (exact) mass is 331 g/mol. The normalized spacial score (nSPS) is 15.8. The van der Waals surface area contributed by atoms with Crippen molar-refractivity contribution >= 4 is 29.1 Å². The lowest BCUT2D eigenvalue weighted by atomic mass is 10.1. The van der Waals surface area contributed by atoms with Crippen LogP contribution in [0.15, 0.2) is 18.2 Å². The number of amides is 1. The van der Waals surface area contributed by atoms with Crippen molar-refractivity contribution in [3.63, 3.8) is 0 Å². The summed E-state index contributed by atoms with van der Waals surface area (Å²) in [7, 11) is 0. The summed E-state index contributed by atoms with van der Waals surface area (Å²) in [6, 6.07) is 5.00. The smallest absolute Gasteiger partial charge is 0.224 e. The van der Waals surface area contributed by atoms with Crippen LogP contribution < -0.4 is 5.32 Å². The number of carbonyl (C=O) groups is 1. The summed E-state index contributed by atoms with van der Waals surface area (Å²) < 4.78 is 5.36. The molecule has 1 amide bonds. The Balaban J connectivity index is 1.67. The fourth-order valence-corrected chi connectivity index (χ4v) is 2.24. The van der Waals surface area contributed by atoms with Gasteiger partial charge in [-0.1, -0.05) is 23.2 Å². The third kappa shape index (κ3) is 6.22. The first-order valence-corrected chi connectivity index (χ1v) is 7.76. The first-order valence-electron chi connectivity index (χ1n) is 7.01. The summed E-state index contributed by atoms with van der Waals surface area (Å²) in [5.74, 6) is 0.456. The van der Waals surface area contributed by atoms with E-state index in [4.69, 9.17) is 27.9 Å². The Labute approximate surface area is 134 Å². The number of rotatable bonds is 8. The molecule has 0 radical (unpaired) electrons. The van der Waals surface area contributed by atoms with Crippen LogP contribution in [0.2, 0.25) is 10.0 Å². The van der Waals surface area contributed by atoms with Crippen molar-refractivity contribution in [3.05, 3.63) is 33.8 Å². The lowest BCUT2D eigenvalue weighted by Crippen LogP contribution is -2.35. The van der Waals surface area contributed by atoms with Crippen LogP contribution in [0.1, 0.15) is 18.4 Å². The van der Waals surface area contributed by atoms with Crippen LogP contribution in [0, 0.1) is 5.92 Å². The number of carbonyl (C=O) groups excluding carboxylic acids is 1. The first kappa shape index (κ1) is 16.6. The van der Waals surface area contributed by atoms with Crippen LogP contribution >= 0.6 is 23.2 Å². The second-order valence-electron chi connectivity index (χ2n) is 5.35. The number of hydrogen-bond acceptors (Lipinski definition) is 3. The second-order valence-corrected chi connectivity index (χ2v) is 6.19. The van der Waals surface area contributed by atoms with E-state index in [1.165, 1.54) is 12.8 Å². The number of hydrogen-bond donors (Lipinski definition) is 2. The highest BCUT2D eigenvalue weighted by molar-refractivity contribution is 6.33. The highest BCUT2D eigenvalue weighted by atomic mass is 35.5. The van der Waals surface area contributed by atoms with Crippen LogP contribution in [0.25, 0.3) is 0 Å². The maximum absolute atomic E-state index is 11.8. The molecule has 1 aliphatic carbocycles. The minimum absolute atomic E-state index is 0.134. The first-order chi connectivity index (χ1) is 10.0. The summed E-state index contributed by atoms with van der Waals surface area (Å²) in [6.07, 6.45) is 1.87. The Morgan fingerprint density at radius 2 is 2.19 bits per heavy atom. The quantitative estimate of drug-likeness (QED) is 0.769. The summed E-state index contributed by atoms with van der Waals surface area (Å²) in [5, 5.41) is 13.4. The van der Waals surface area contributed by atoms with Gasteiger partial charge in [-0.25, -0.2) is 0 Å². The maximum Gasteiger partial charge on any atom is 0.224 e. The fraction of sp³-hybridized carbons (Fsp3) is 0.533. The summed E-state index contributed by atoms with van der Waals surface area (Å²) in [6.45, 7) is 1.11. The number of benzene rings is 1. The number of ether oxygens (including phenoxy) is 1. The topological polar surface area (TPSA) is 58.6 Å². The molecule has 0 heterocycles. The Kier molecular flexibility index (Phi) is 6.30. The standard InChI is InChI=1S/C15H19Cl2NO3/c16-12-3-4-14(17)11(5-12)6-15(20)18-7-13(19)9-21-8-10-1-2-10/h3-5,10,13,19H,1-2,6-9H2,(H,18,20). The Morgan fingerprint density at radius 3 is 2.90 bits per heavy atom. The average Bonchev–Trinajstić information content (AvgIpc) is 3.25. The summed E-state index contributed by atoms with van der Waals surface area (Å²) in [5.41, 5.74) is 0.668. The van der Waals surface area contributed by atoms with E-state index in [1.807, 2.05) is 0 Å². The van der Waals surface area contributed by atoms with E-state index in [1.54, 1.807) is 18.2 Å². The zero-order chi connectivity index (χ0) is 15.2. The maximum atomic E-state index is 11.8. The molecule has 2 rings (SSSR count). The predicted octanol–water partition coefficient (Wildman–Crippen LogP) is 2.44. The van der Waals surface area contributed by atoms with E-state index in [9.17, 15) is 9.90 Å². The zero-order valence-electron chi connectivity index (χ0n) is 11.6. The van der Waals surface area contributed by atoms with E-state index >= 15 is 0 Å². The SMILES string of the molecule is O=C(Cc1cc(Cl)ccc1Cl)NCC(O)COCC1CC1. The molecule has 4 nitrogen and oxygen atoms in total. The van der Waals surface area contributed by atoms with Gasteiger partial charge in [0.1, 0.15) is 0 Å². The van der Waals surface area contributed by atoms with E-state index < -0.39 is 6.10 Å². The lowest BCUT2D eigenvalue weighted by Gasteiger charge is -2.12. The largest absolute Gasteiger partial charge is 0.389 e. The lowest BCUT2D eigenvalue weighted by molar-refractivity contribution is -0.121. The molecule has 21 heavy (non-hydrogen) atoms. The van der Waals surface area contributed by atoms with Gasteiger partial charge in [0.15, 0.2) is 0 Å². The molecule has 0 aliphatic heterocycles. The van der Waals surface area contributed by atoms with Crippen molar-refractivity contribution in [2.24, 2.45) is 5.92 Å². The predicted molar refractivity (Wildman–Crippen MR) is 82.7 cm³/mol. The molecule has 0 saturated heterocycles. The molecule has 1 aromatic rings. The van der Waals surface area contributed by atoms with Gasteiger partial charge in [-0.3, -0.25) is 4.79 Å². The van der Waals surface area contributed by atoms with Crippen molar-refractivity contribution in [1.82, 2.24) is 5.32 Å². The molecule has 1 unspecified atom stereocenters. The molecule has 0 aromatic heterocycles. The molecular formula is C15H19Cl2NO3. The molecule has 0 bridgehead atoms. The van der Waals surface area contributed by atoms with Gasteiger partial charge in [-0.2, -0.15) is 0 Å². The Morgan fingerprint density at radius 1 is 1.43 bits per heavy atom. The number of halogens is 2. The van der Waals surface area contributed by atoms with Crippen molar-refractivity contribution < 1.29 is 14.6 Å². The molecule has 1 fully saturated rings. The van der Waals surface area contributed by atoms with Gasteiger partial charge < -0.3 is 15.2 Å². The molecule has 6 heteroatoms. The third-order valence-corrected chi connectivity index (χ3v) is 3.86. The Hall–Kier alpha value is -0.810. The minimum Gasteiger partial charge on any atom is -0.389 e. The zero-order valence-corrected chi connectivity index (χ0v) is 13.2. The molecule has 1 saturated carbocycles. The van der Waals surface area contributed by atoms with Gasteiger partial charge >= 0.3 is 0 Å².